The van der Waals surface area contributed by atoms with Crippen molar-refractivity contribution in [2.24, 2.45) is 0 Å². The number of thioether (sulfide) groups is 2. The van der Waals surface area contributed by atoms with Crippen LogP contribution in [0.3, 0.4) is 0 Å². The van der Waals surface area contributed by atoms with Crippen molar-refractivity contribution < 1.29 is 62.3 Å². The quantitative estimate of drug-likeness (QED) is 0.0834. The molecule has 0 bridgehead atoms. The maximum atomic E-state index is 13.5. The normalized spacial score (nSPS) is 12.4. The summed E-state index contributed by atoms with van der Waals surface area (Å²) < 4.78 is 160. The monoisotopic (exact) mass is 1080 g/mol. The maximum Gasteiger partial charge on any atom is 0.417 e. The minimum absolute atomic E-state index is 0.0270. The van der Waals surface area contributed by atoms with Crippen LogP contribution in [0.4, 0.5) is 64.3 Å². The van der Waals surface area contributed by atoms with Gasteiger partial charge in [-0.25, -0.2) is 9.36 Å². The Morgan fingerprint density at radius 3 is 1.28 bits per heavy atom. The lowest BCUT2D eigenvalue weighted by molar-refractivity contribution is -0.141. The third-order valence-electron chi connectivity index (χ3n) is 9.80. The fraction of sp³-hybridized carbons (Fsp3) is 0.238. The van der Waals surface area contributed by atoms with Crippen LogP contribution >= 0.6 is 69.9 Å². The molecule has 6 aromatic rings. The van der Waals surface area contributed by atoms with Gasteiger partial charge in [0.15, 0.2) is 11.6 Å². The molecule has 364 valence electrons. The molecule has 0 aliphatic rings. The lowest BCUT2D eigenvalue weighted by Crippen LogP contribution is -2.17. The first-order valence-electron chi connectivity index (χ1n) is 18.7. The summed E-state index contributed by atoms with van der Waals surface area (Å²) in [7, 11) is 0. The van der Waals surface area contributed by atoms with Gasteiger partial charge in [-0.15, -0.1) is 23.5 Å². The molecule has 26 heteroatoms. The lowest BCUT2D eigenvalue weighted by atomic mass is 9.94. The van der Waals surface area contributed by atoms with Crippen molar-refractivity contribution in [3.05, 3.63) is 136 Å². The van der Waals surface area contributed by atoms with Crippen molar-refractivity contribution in [3.63, 3.8) is 0 Å². The number of benzene rings is 4. The van der Waals surface area contributed by atoms with Crippen LogP contribution in [-0.4, -0.2) is 43.6 Å². The molecule has 4 aromatic carbocycles. The minimum atomic E-state index is -5.21. The molecule has 2 heterocycles. The molecule has 0 radical (unpaired) electrons. The number of hydrogen-bond donors (Lipinski definition) is 2. The van der Waals surface area contributed by atoms with Gasteiger partial charge < -0.3 is 11.5 Å². The van der Waals surface area contributed by atoms with Crippen molar-refractivity contribution in [1.82, 2.24) is 19.6 Å². The Bertz CT molecular complexity index is 2900. The first kappa shape index (κ1) is 54.2. The van der Waals surface area contributed by atoms with Gasteiger partial charge in [-0.1, -0.05) is 72.4 Å². The summed E-state index contributed by atoms with van der Waals surface area (Å²) in [4.78, 5) is 26.6. The number of nitrogens with zero attached hydrogens (tertiary/aromatic N) is 4. The van der Waals surface area contributed by atoms with Crippen molar-refractivity contribution in [2.75, 3.05) is 24.0 Å². The maximum absolute atomic E-state index is 13.5. The summed E-state index contributed by atoms with van der Waals surface area (Å²) >= 11 is 26.0. The van der Waals surface area contributed by atoms with Gasteiger partial charge in [-0.05, 0) is 85.0 Å². The molecule has 0 aliphatic heterocycles. The summed E-state index contributed by atoms with van der Waals surface area (Å²) in [5.74, 6) is -2.44. The van der Waals surface area contributed by atoms with E-state index in [1.54, 1.807) is 6.26 Å². The number of ketones is 2. The molecule has 6 rings (SSSR count). The van der Waals surface area contributed by atoms with Crippen LogP contribution in [0, 0.1) is 6.92 Å². The van der Waals surface area contributed by atoms with Gasteiger partial charge in [0.2, 0.25) is 0 Å². The third-order valence-corrected chi connectivity index (χ3v) is 12.3. The molecule has 4 N–H and O–H groups in total. The molecule has 0 aliphatic carbocycles. The second kappa shape index (κ2) is 19.9. The number of halogens is 16. The molecular formula is C42H30Cl4F12N6O2S2. The minimum Gasteiger partial charge on any atom is -0.383 e. The fourth-order valence-corrected chi connectivity index (χ4v) is 8.83. The number of aromatic nitrogens is 4. The molecule has 0 amide bonds. The highest BCUT2D eigenvalue weighted by Gasteiger charge is 2.41. The standard InChI is InChI=1S/C22H20Cl2F3N3OS.C20H10Cl2F9N3OS/c1-10(2)12-6-5-11(3)14(7-12)19(31)17-20(28)30(29-21(17)32-4)18-15(23)8-13(9-16(18)24)22(25,26)27;1-36-17-13(15(35)9-4-7(18(23,24)25)2-3-10(9)20(29,30)31)16(32)34(33-17)14-11(21)5-8(6-12(14)22)19(26,27)28/h5-10H,28H2,1-4H3;2-6H,32H2,1H3. The average molecular weight is 1080 g/mol. The third kappa shape index (κ3) is 11.1. The topological polar surface area (TPSA) is 122 Å². The smallest absolute Gasteiger partial charge is 0.383 e. The van der Waals surface area contributed by atoms with Crippen molar-refractivity contribution in [2.45, 2.75) is 61.4 Å². The largest absolute Gasteiger partial charge is 0.417 e. The summed E-state index contributed by atoms with van der Waals surface area (Å²) in [6, 6.07) is 8.43. The van der Waals surface area contributed by atoms with Crippen LogP contribution in [0.1, 0.15) is 85.0 Å². The highest BCUT2D eigenvalue weighted by atomic mass is 35.5. The van der Waals surface area contributed by atoms with Crippen molar-refractivity contribution in [3.8, 4) is 11.4 Å². The molecule has 8 nitrogen and oxygen atoms in total. The van der Waals surface area contributed by atoms with Crippen LogP contribution in [0.5, 0.6) is 0 Å². The number of anilines is 2. The number of nitrogen functional groups attached to an aromatic ring is 2. The van der Waals surface area contributed by atoms with Gasteiger partial charge in [-0.2, -0.15) is 62.9 Å². The number of carbonyl (C=O) groups excluding carboxylic acids is 2. The predicted octanol–water partition coefficient (Wildman–Crippen LogP) is 14.9. The molecule has 0 atom stereocenters. The number of nitrogens with two attached hydrogens (primary N) is 2. The van der Waals surface area contributed by atoms with Gasteiger partial charge in [0.25, 0.3) is 0 Å². The number of rotatable bonds is 9. The molecule has 0 spiro atoms. The Morgan fingerprint density at radius 1 is 0.559 bits per heavy atom. The molecule has 0 fully saturated rings. The highest BCUT2D eigenvalue weighted by molar-refractivity contribution is 7.98. The van der Waals surface area contributed by atoms with E-state index in [4.69, 9.17) is 57.9 Å². The second-order valence-corrected chi connectivity index (χ2v) is 17.8. The number of carbonyl (C=O) groups is 2. The second-order valence-electron chi connectivity index (χ2n) is 14.6. The average Bonchev–Trinajstić information content (AvgIpc) is 3.73. The molecule has 0 unspecified atom stereocenters. The summed E-state index contributed by atoms with van der Waals surface area (Å²) in [6.45, 7) is 5.86. The predicted molar refractivity (Wildman–Crippen MR) is 238 cm³/mol. The summed E-state index contributed by atoms with van der Waals surface area (Å²) in [5, 5.41) is 6.39. The van der Waals surface area contributed by atoms with Crippen LogP contribution in [0.25, 0.3) is 11.4 Å². The van der Waals surface area contributed by atoms with E-state index in [2.05, 4.69) is 10.2 Å². The Hall–Kier alpha value is -4.74. The van der Waals surface area contributed by atoms with E-state index in [0.29, 0.717) is 39.2 Å². The van der Waals surface area contributed by atoms with Crippen LogP contribution in [-0.2, 0) is 24.7 Å². The van der Waals surface area contributed by atoms with Crippen LogP contribution < -0.4 is 11.5 Å². The number of alkyl halides is 12. The zero-order valence-electron chi connectivity index (χ0n) is 35.0. The van der Waals surface area contributed by atoms with E-state index >= 15 is 0 Å². The lowest BCUT2D eigenvalue weighted by Gasteiger charge is -2.15. The SMILES string of the molecule is CSc1nn(-c2c(Cl)cc(C(F)(F)F)cc2Cl)c(N)c1C(=O)c1cc(C(C)C)ccc1C.CSc1nn(-c2c(Cl)cc(C(F)(F)F)cc2Cl)c(N)c1C(=O)c1cc(C(F)(F)F)ccc1C(F)(F)F. The Labute approximate surface area is 406 Å². The van der Waals surface area contributed by atoms with E-state index in [1.165, 1.54) is 18.0 Å². The van der Waals surface area contributed by atoms with Gasteiger partial charge in [0.1, 0.15) is 33.1 Å². The zero-order valence-corrected chi connectivity index (χ0v) is 39.6. The van der Waals surface area contributed by atoms with Crippen LogP contribution in [0.2, 0.25) is 20.1 Å². The van der Waals surface area contributed by atoms with Crippen LogP contribution in [0.15, 0.2) is 70.7 Å². The fourth-order valence-electron chi connectivity index (χ4n) is 6.41. The zero-order chi connectivity index (χ0) is 51.3. The Kier molecular flexibility index (Phi) is 15.9. The van der Waals surface area contributed by atoms with Crippen molar-refractivity contribution >= 4 is 93.1 Å². The van der Waals surface area contributed by atoms with Gasteiger partial charge in [0.05, 0.1) is 53.5 Å². The molecule has 0 saturated carbocycles. The molecule has 0 saturated heterocycles. The Balaban J connectivity index is 0.000000256. The van der Waals surface area contributed by atoms with E-state index in [0.717, 1.165) is 27.9 Å². The number of aryl methyl sites for hydroxylation is 1. The van der Waals surface area contributed by atoms with E-state index in [-0.39, 0.29) is 62.0 Å². The van der Waals surface area contributed by atoms with E-state index < -0.39 is 85.4 Å². The first-order valence-corrected chi connectivity index (χ1v) is 22.7. The van der Waals surface area contributed by atoms with Gasteiger partial charge >= 0.3 is 24.7 Å². The van der Waals surface area contributed by atoms with Gasteiger partial charge in [-0.3, -0.25) is 9.59 Å². The summed E-state index contributed by atoms with van der Waals surface area (Å²) in [6.07, 6.45) is -16.7. The summed E-state index contributed by atoms with van der Waals surface area (Å²) in [5.41, 5.74) is 6.63. The molecule has 2 aromatic heterocycles. The van der Waals surface area contributed by atoms with Crippen molar-refractivity contribution in [1.29, 1.82) is 0 Å². The first-order chi connectivity index (χ1) is 31.2. The molecular weight excluding hydrogens is 1050 g/mol. The molecule has 68 heavy (non-hydrogen) atoms. The van der Waals surface area contributed by atoms with E-state index in [9.17, 15) is 62.3 Å². The highest BCUT2D eigenvalue weighted by Crippen LogP contribution is 2.44. The van der Waals surface area contributed by atoms with Gasteiger partial charge in [0, 0.05) is 11.1 Å². The Morgan fingerprint density at radius 2 is 0.941 bits per heavy atom. The number of hydrogen-bond acceptors (Lipinski definition) is 8. The van der Waals surface area contributed by atoms with E-state index in [1.807, 2.05) is 39.0 Å².